The van der Waals surface area contributed by atoms with E-state index in [2.05, 4.69) is 27.8 Å². The van der Waals surface area contributed by atoms with Gasteiger partial charge in [0.2, 0.25) is 5.91 Å². The number of carbonyl (C=O) groups excluding carboxylic acids is 2. The first-order chi connectivity index (χ1) is 7.13. The number of imide groups is 1. The van der Waals surface area contributed by atoms with Crippen LogP contribution in [0.25, 0.3) is 0 Å². The number of carbonyl (C=O) groups is 2. The molecular weight excluding hydrogens is 196 g/mol. The van der Waals surface area contributed by atoms with E-state index in [1.165, 1.54) is 7.05 Å². The van der Waals surface area contributed by atoms with E-state index in [-0.39, 0.29) is 12.5 Å². The molecule has 0 unspecified atom stereocenters. The summed E-state index contributed by atoms with van der Waals surface area (Å²) in [5, 5.41) is 7.83. The Morgan fingerprint density at radius 2 is 2.27 bits per heavy atom. The van der Waals surface area contributed by atoms with Crippen molar-refractivity contribution in [3.05, 3.63) is 0 Å². The molecule has 1 aliphatic rings. The van der Waals surface area contributed by atoms with Crippen molar-refractivity contribution in [1.29, 1.82) is 0 Å². The molecule has 0 aromatic rings. The maximum Gasteiger partial charge on any atom is 0.321 e. The number of rotatable bonds is 2. The third kappa shape index (κ3) is 3.85. The third-order valence-corrected chi connectivity index (χ3v) is 2.47. The van der Waals surface area contributed by atoms with Gasteiger partial charge in [0, 0.05) is 32.7 Å². The SMILES string of the molecule is CNC(=O)NC(=O)CN1CCNC[C@H]1C. The van der Waals surface area contributed by atoms with Crippen LogP contribution in [0.3, 0.4) is 0 Å². The highest BCUT2D eigenvalue weighted by molar-refractivity contribution is 5.95. The minimum Gasteiger partial charge on any atom is -0.341 e. The van der Waals surface area contributed by atoms with Crippen LogP contribution in [0, 0.1) is 0 Å². The second-order valence-corrected chi connectivity index (χ2v) is 3.65. The lowest BCUT2D eigenvalue weighted by molar-refractivity contribution is -0.121. The van der Waals surface area contributed by atoms with E-state index in [1.807, 2.05) is 0 Å². The Kier molecular flexibility index (Phi) is 4.51. The summed E-state index contributed by atoms with van der Waals surface area (Å²) in [6.07, 6.45) is 0. The molecule has 1 saturated heterocycles. The summed E-state index contributed by atoms with van der Waals surface area (Å²) >= 11 is 0. The van der Waals surface area contributed by atoms with Crippen LogP contribution in [-0.2, 0) is 4.79 Å². The molecule has 3 amide bonds. The molecule has 0 aromatic carbocycles. The number of nitrogens with zero attached hydrogens (tertiary/aromatic N) is 1. The maximum atomic E-state index is 11.4. The van der Waals surface area contributed by atoms with Crippen LogP contribution in [0.1, 0.15) is 6.92 Å². The summed E-state index contributed by atoms with van der Waals surface area (Å²) in [5.74, 6) is -0.261. The molecule has 1 heterocycles. The van der Waals surface area contributed by atoms with Gasteiger partial charge in [-0.05, 0) is 6.92 Å². The van der Waals surface area contributed by atoms with Crippen LogP contribution in [0.15, 0.2) is 0 Å². The zero-order valence-corrected chi connectivity index (χ0v) is 9.17. The highest BCUT2D eigenvalue weighted by Gasteiger charge is 2.20. The predicted molar refractivity (Wildman–Crippen MR) is 56.5 cm³/mol. The standard InChI is InChI=1S/C9H18N4O2/c1-7-5-11-3-4-13(7)6-8(14)12-9(15)10-2/h7,11H,3-6H2,1-2H3,(H2,10,12,14,15)/t7-/m1/s1. The first-order valence-corrected chi connectivity index (χ1v) is 5.10. The van der Waals surface area contributed by atoms with Crippen molar-refractivity contribution in [1.82, 2.24) is 20.9 Å². The summed E-state index contributed by atoms with van der Waals surface area (Å²) in [6, 6.07) is -0.128. The van der Waals surface area contributed by atoms with Crippen LogP contribution in [0.2, 0.25) is 0 Å². The summed E-state index contributed by atoms with van der Waals surface area (Å²) in [7, 11) is 1.48. The van der Waals surface area contributed by atoms with E-state index in [9.17, 15) is 9.59 Å². The summed E-state index contributed by atoms with van der Waals surface area (Å²) < 4.78 is 0. The largest absolute Gasteiger partial charge is 0.341 e. The van der Waals surface area contributed by atoms with Crippen molar-refractivity contribution in [2.24, 2.45) is 0 Å². The minimum absolute atomic E-state index is 0.261. The van der Waals surface area contributed by atoms with Gasteiger partial charge >= 0.3 is 6.03 Å². The van der Waals surface area contributed by atoms with Crippen LogP contribution in [-0.4, -0.2) is 56.1 Å². The summed E-state index contributed by atoms with van der Waals surface area (Å²) in [4.78, 5) is 24.3. The first kappa shape index (κ1) is 11.9. The summed E-state index contributed by atoms with van der Waals surface area (Å²) in [6.45, 7) is 4.93. The van der Waals surface area contributed by atoms with Crippen molar-refractivity contribution in [2.45, 2.75) is 13.0 Å². The lowest BCUT2D eigenvalue weighted by Crippen LogP contribution is -2.53. The second kappa shape index (κ2) is 5.67. The Balaban J connectivity index is 2.33. The zero-order chi connectivity index (χ0) is 11.3. The van der Waals surface area contributed by atoms with Gasteiger partial charge in [0.05, 0.1) is 6.54 Å². The molecule has 0 aliphatic carbocycles. The molecule has 0 saturated carbocycles. The van der Waals surface area contributed by atoms with Gasteiger partial charge in [-0.25, -0.2) is 4.79 Å². The Hall–Kier alpha value is -1.14. The number of urea groups is 1. The molecule has 0 aromatic heterocycles. The Morgan fingerprint density at radius 3 is 2.87 bits per heavy atom. The molecule has 1 rings (SSSR count). The topological polar surface area (TPSA) is 73.5 Å². The predicted octanol–water partition coefficient (Wildman–Crippen LogP) is -1.26. The quantitative estimate of drug-likeness (QED) is 0.536. The van der Waals surface area contributed by atoms with Crippen molar-refractivity contribution in [3.8, 4) is 0 Å². The van der Waals surface area contributed by atoms with Gasteiger partial charge in [-0.3, -0.25) is 15.0 Å². The summed E-state index contributed by atoms with van der Waals surface area (Å²) in [5.41, 5.74) is 0. The van der Waals surface area contributed by atoms with E-state index in [0.717, 1.165) is 19.6 Å². The molecule has 0 radical (unpaired) electrons. The highest BCUT2D eigenvalue weighted by atomic mass is 16.2. The monoisotopic (exact) mass is 214 g/mol. The minimum atomic E-state index is -0.456. The van der Waals surface area contributed by atoms with Gasteiger partial charge in [0.15, 0.2) is 0 Å². The van der Waals surface area contributed by atoms with Crippen LogP contribution in [0.4, 0.5) is 4.79 Å². The van der Waals surface area contributed by atoms with Gasteiger partial charge in [0.1, 0.15) is 0 Å². The lowest BCUT2D eigenvalue weighted by atomic mass is 10.2. The molecule has 0 spiro atoms. The fraction of sp³-hybridized carbons (Fsp3) is 0.778. The number of amides is 3. The van der Waals surface area contributed by atoms with E-state index < -0.39 is 6.03 Å². The average molecular weight is 214 g/mol. The lowest BCUT2D eigenvalue weighted by Gasteiger charge is -2.33. The highest BCUT2D eigenvalue weighted by Crippen LogP contribution is 2.00. The number of nitrogens with one attached hydrogen (secondary N) is 3. The molecule has 3 N–H and O–H groups in total. The molecular formula is C9H18N4O2. The Labute approximate surface area is 89.4 Å². The van der Waals surface area contributed by atoms with Crippen molar-refractivity contribution < 1.29 is 9.59 Å². The van der Waals surface area contributed by atoms with Crippen LogP contribution < -0.4 is 16.0 Å². The Morgan fingerprint density at radius 1 is 1.53 bits per heavy atom. The van der Waals surface area contributed by atoms with E-state index in [1.54, 1.807) is 0 Å². The molecule has 1 fully saturated rings. The molecule has 1 aliphatic heterocycles. The van der Waals surface area contributed by atoms with E-state index in [4.69, 9.17) is 0 Å². The molecule has 15 heavy (non-hydrogen) atoms. The van der Waals surface area contributed by atoms with Gasteiger partial charge in [-0.15, -0.1) is 0 Å². The van der Waals surface area contributed by atoms with Crippen molar-refractivity contribution in [2.75, 3.05) is 33.2 Å². The molecule has 6 nitrogen and oxygen atoms in total. The fourth-order valence-electron chi connectivity index (χ4n) is 1.53. The molecule has 1 atom stereocenters. The normalized spacial score (nSPS) is 22.1. The van der Waals surface area contributed by atoms with Crippen LogP contribution in [0.5, 0.6) is 0 Å². The smallest absolute Gasteiger partial charge is 0.321 e. The zero-order valence-electron chi connectivity index (χ0n) is 9.17. The van der Waals surface area contributed by atoms with Gasteiger partial charge < -0.3 is 10.6 Å². The van der Waals surface area contributed by atoms with E-state index in [0.29, 0.717) is 6.04 Å². The van der Waals surface area contributed by atoms with Gasteiger partial charge in [-0.2, -0.15) is 0 Å². The number of piperazine rings is 1. The van der Waals surface area contributed by atoms with Gasteiger partial charge in [0.25, 0.3) is 0 Å². The van der Waals surface area contributed by atoms with Gasteiger partial charge in [-0.1, -0.05) is 0 Å². The number of hydrogen-bond acceptors (Lipinski definition) is 4. The molecule has 6 heteroatoms. The van der Waals surface area contributed by atoms with Crippen LogP contribution >= 0.6 is 0 Å². The van der Waals surface area contributed by atoms with Crippen molar-refractivity contribution in [3.63, 3.8) is 0 Å². The molecule has 0 bridgehead atoms. The van der Waals surface area contributed by atoms with Crippen molar-refractivity contribution >= 4 is 11.9 Å². The average Bonchev–Trinajstić information content (AvgIpc) is 2.21. The molecule has 86 valence electrons. The second-order valence-electron chi connectivity index (χ2n) is 3.65. The third-order valence-electron chi connectivity index (χ3n) is 2.47. The number of hydrogen-bond donors (Lipinski definition) is 3. The maximum absolute atomic E-state index is 11.4. The fourth-order valence-corrected chi connectivity index (χ4v) is 1.53. The van der Waals surface area contributed by atoms with E-state index >= 15 is 0 Å². The first-order valence-electron chi connectivity index (χ1n) is 5.10. The Bertz CT molecular complexity index is 244.